The topological polar surface area (TPSA) is 99.4 Å². The molecule has 1 saturated heterocycles. The smallest absolute Gasteiger partial charge is 0.184 e. The second-order valence-corrected chi connectivity index (χ2v) is 7.63. The summed E-state index contributed by atoms with van der Waals surface area (Å²) in [6, 6.07) is 29.1. The van der Waals surface area contributed by atoms with Crippen LogP contribution in [0.4, 0.5) is 0 Å². The van der Waals surface area contributed by atoms with Gasteiger partial charge in [-0.3, -0.25) is 0 Å². The zero-order chi connectivity index (χ0) is 21.8. The molecular weight excluding hydrogens is 396 g/mol. The Labute approximate surface area is 180 Å². The van der Waals surface area contributed by atoms with E-state index in [9.17, 15) is 20.4 Å². The minimum atomic E-state index is -1.62. The average molecular weight is 422 g/mol. The van der Waals surface area contributed by atoms with Crippen molar-refractivity contribution in [2.75, 3.05) is 6.61 Å². The minimum Gasteiger partial charge on any atom is -0.387 e. The lowest BCUT2D eigenvalue weighted by Gasteiger charge is -2.41. The molecule has 4 N–H and O–H groups in total. The van der Waals surface area contributed by atoms with E-state index in [4.69, 9.17) is 9.47 Å². The monoisotopic (exact) mass is 422 g/mol. The number of aliphatic hydroxyl groups is 4. The van der Waals surface area contributed by atoms with E-state index in [1.807, 2.05) is 91.0 Å². The highest BCUT2D eigenvalue weighted by Crippen LogP contribution is 2.41. The average Bonchev–Trinajstić information content (AvgIpc) is 2.83. The van der Waals surface area contributed by atoms with Crippen LogP contribution in [0.2, 0.25) is 0 Å². The van der Waals surface area contributed by atoms with Crippen LogP contribution in [0.3, 0.4) is 0 Å². The quantitative estimate of drug-likeness (QED) is 0.452. The molecule has 0 saturated carbocycles. The Kier molecular flexibility index (Phi) is 6.48. The van der Waals surface area contributed by atoms with Crippen molar-refractivity contribution in [3.63, 3.8) is 0 Å². The van der Waals surface area contributed by atoms with Crippen LogP contribution in [-0.2, 0) is 15.1 Å². The number of benzene rings is 3. The van der Waals surface area contributed by atoms with Gasteiger partial charge in [0.1, 0.15) is 30.0 Å². The molecule has 0 aromatic heterocycles. The molecular formula is C25H26O6. The molecule has 6 heteroatoms. The Bertz CT molecular complexity index is 853. The molecule has 0 spiro atoms. The van der Waals surface area contributed by atoms with Crippen molar-refractivity contribution in [3.05, 3.63) is 108 Å². The summed E-state index contributed by atoms with van der Waals surface area (Å²) in [7, 11) is 0. The van der Waals surface area contributed by atoms with Gasteiger partial charge in [0.15, 0.2) is 6.29 Å². The van der Waals surface area contributed by atoms with Gasteiger partial charge in [0, 0.05) is 0 Å². The van der Waals surface area contributed by atoms with Crippen LogP contribution < -0.4 is 0 Å². The van der Waals surface area contributed by atoms with Crippen LogP contribution >= 0.6 is 0 Å². The van der Waals surface area contributed by atoms with Crippen molar-refractivity contribution in [2.45, 2.75) is 36.3 Å². The Hall–Kier alpha value is -2.58. The largest absolute Gasteiger partial charge is 0.387 e. The van der Waals surface area contributed by atoms with Crippen molar-refractivity contribution >= 4 is 0 Å². The normalized spacial score (nSPS) is 26.5. The van der Waals surface area contributed by atoms with Crippen LogP contribution in [0.25, 0.3) is 0 Å². The predicted octanol–water partition coefficient (Wildman–Crippen LogP) is 1.79. The lowest BCUT2D eigenvalue weighted by atomic mass is 9.80. The number of ether oxygens (including phenoxy) is 2. The fourth-order valence-corrected chi connectivity index (χ4v) is 4.04. The fourth-order valence-electron chi connectivity index (χ4n) is 4.04. The van der Waals surface area contributed by atoms with Crippen LogP contribution in [0.5, 0.6) is 0 Å². The lowest BCUT2D eigenvalue weighted by molar-refractivity contribution is -0.291. The maximum absolute atomic E-state index is 10.4. The Morgan fingerprint density at radius 3 is 1.45 bits per heavy atom. The van der Waals surface area contributed by atoms with Gasteiger partial charge < -0.3 is 29.9 Å². The zero-order valence-corrected chi connectivity index (χ0v) is 16.9. The summed E-state index contributed by atoms with van der Waals surface area (Å²) in [6.07, 6.45) is -7.21. The van der Waals surface area contributed by atoms with Crippen molar-refractivity contribution in [1.82, 2.24) is 0 Å². The molecule has 6 nitrogen and oxygen atoms in total. The maximum Gasteiger partial charge on any atom is 0.184 e. The highest BCUT2D eigenvalue weighted by atomic mass is 16.6. The van der Waals surface area contributed by atoms with Gasteiger partial charge in [-0.05, 0) is 16.7 Å². The Morgan fingerprint density at radius 1 is 0.613 bits per heavy atom. The van der Waals surface area contributed by atoms with Gasteiger partial charge in [-0.15, -0.1) is 0 Å². The van der Waals surface area contributed by atoms with E-state index in [0.717, 1.165) is 16.7 Å². The van der Waals surface area contributed by atoms with E-state index in [1.165, 1.54) is 0 Å². The first kappa shape index (κ1) is 21.6. The van der Waals surface area contributed by atoms with E-state index in [0.29, 0.717) is 0 Å². The van der Waals surface area contributed by atoms with Gasteiger partial charge in [-0.25, -0.2) is 0 Å². The van der Waals surface area contributed by atoms with Crippen LogP contribution in [-0.4, -0.2) is 57.7 Å². The van der Waals surface area contributed by atoms with E-state index >= 15 is 0 Å². The summed E-state index contributed by atoms with van der Waals surface area (Å²) < 4.78 is 11.9. The maximum atomic E-state index is 10.4. The molecule has 0 radical (unpaired) electrons. The third-order valence-electron chi connectivity index (χ3n) is 5.69. The highest BCUT2D eigenvalue weighted by Gasteiger charge is 2.45. The molecule has 0 amide bonds. The third kappa shape index (κ3) is 4.14. The summed E-state index contributed by atoms with van der Waals surface area (Å²) in [5.41, 5.74) is 1.59. The molecule has 3 aromatic rings. The van der Waals surface area contributed by atoms with Crippen molar-refractivity contribution in [1.29, 1.82) is 0 Å². The van der Waals surface area contributed by atoms with Crippen molar-refractivity contribution < 1.29 is 29.9 Å². The van der Waals surface area contributed by atoms with Gasteiger partial charge in [-0.1, -0.05) is 91.0 Å². The SMILES string of the molecule is O[C@@H]1[C@@H](O)[C@@H](O)O[C@H](COC(c2ccccc2)(c2ccccc2)c2ccccc2)[C@@H]1O. The van der Waals surface area contributed by atoms with E-state index in [2.05, 4.69) is 0 Å². The van der Waals surface area contributed by atoms with Crippen molar-refractivity contribution in [3.8, 4) is 0 Å². The minimum absolute atomic E-state index is 0.138. The summed E-state index contributed by atoms with van der Waals surface area (Å²) >= 11 is 0. The lowest BCUT2D eigenvalue weighted by Crippen LogP contribution is -2.59. The summed E-state index contributed by atoms with van der Waals surface area (Å²) in [6.45, 7) is -0.138. The molecule has 0 unspecified atom stereocenters. The van der Waals surface area contributed by atoms with E-state index < -0.39 is 36.3 Å². The van der Waals surface area contributed by atoms with Crippen LogP contribution in [0.15, 0.2) is 91.0 Å². The second-order valence-electron chi connectivity index (χ2n) is 7.63. The molecule has 1 aliphatic heterocycles. The van der Waals surface area contributed by atoms with Crippen LogP contribution in [0, 0.1) is 0 Å². The molecule has 1 aliphatic rings. The van der Waals surface area contributed by atoms with Gasteiger partial charge in [0.2, 0.25) is 0 Å². The van der Waals surface area contributed by atoms with Crippen molar-refractivity contribution in [2.24, 2.45) is 0 Å². The van der Waals surface area contributed by atoms with Gasteiger partial charge in [0.25, 0.3) is 0 Å². The van der Waals surface area contributed by atoms with Gasteiger partial charge >= 0.3 is 0 Å². The molecule has 0 bridgehead atoms. The molecule has 31 heavy (non-hydrogen) atoms. The first-order chi connectivity index (χ1) is 15.0. The highest BCUT2D eigenvalue weighted by molar-refractivity contribution is 5.47. The molecule has 4 rings (SSSR count). The second kappa shape index (κ2) is 9.28. The number of aliphatic hydroxyl groups excluding tert-OH is 4. The van der Waals surface area contributed by atoms with Gasteiger partial charge in [-0.2, -0.15) is 0 Å². The predicted molar refractivity (Wildman–Crippen MR) is 114 cm³/mol. The Balaban J connectivity index is 1.78. The molecule has 1 heterocycles. The number of hydrogen-bond donors (Lipinski definition) is 4. The molecule has 162 valence electrons. The molecule has 5 atom stereocenters. The third-order valence-corrected chi connectivity index (χ3v) is 5.69. The van der Waals surface area contributed by atoms with Gasteiger partial charge in [0.05, 0.1) is 6.61 Å². The molecule has 0 aliphatic carbocycles. The summed E-state index contributed by atoms with van der Waals surface area (Å²) in [5.74, 6) is 0. The standard InChI is InChI=1S/C25H26O6/c26-21-20(31-24(29)23(28)22(21)27)16-30-25(17-10-4-1-5-11-17,18-12-6-2-7-13-18)19-14-8-3-9-15-19/h1-15,20-24,26-29H,16H2/t20-,21+,22+,23-,24+/m1/s1. The fraction of sp³-hybridized carbons (Fsp3) is 0.280. The first-order valence-electron chi connectivity index (χ1n) is 10.2. The summed E-state index contributed by atoms with van der Waals surface area (Å²) in [4.78, 5) is 0. The van der Waals surface area contributed by atoms with Crippen LogP contribution in [0.1, 0.15) is 16.7 Å². The van der Waals surface area contributed by atoms with E-state index in [1.54, 1.807) is 0 Å². The van der Waals surface area contributed by atoms with E-state index in [-0.39, 0.29) is 6.61 Å². The number of hydrogen-bond acceptors (Lipinski definition) is 6. The molecule has 3 aromatic carbocycles. The Morgan fingerprint density at radius 2 is 1.03 bits per heavy atom. The first-order valence-corrected chi connectivity index (χ1v) is 10.2. The number of rotatable bonds is 6. The summed E-state index contributed by atoms with van der Waals surface area (Å²) in [5, 5.41) is 40.2. The molecule has 1 fully saturated rings. The zero-order valence-electron chi connectivity index (χ0n) is 16.9.